The second-order valence-corrected chi connectivity index (χ2v) is 2.00. The maximum Gasteiger partial charge on any atom is 1.00 e. The number of carbonyl (C=O) groups excluding carboxylic acids is 2. The van der Waals surface area contributed by atoms with Gasteiger partial charge in [-0.25, -0.2) is 0 Å². The van der Waals surface area contributed by atoms with Crippen molar-refractivity contribution in [2.75, 3.05) is 6.61 Å². The molecule has 5 nitrogen and oxygen atoms in total. The molecule has 0 N–H and O–H groups in total. The van der Waals surface area contributed by atoms with Crippen LogP contribution in [0.2, 0.25) is 0 Å². The number of ether oxygens (including phenoxy) is 1. The molecule has 0 aromatic heterocycles. The van der Waals surface area contributed by atoms with Gasteiger partial charge in [0.05, 0.1) is 18.5 Å². The SMILES string of the molecule is O=C([O-])C1(C(=O)[O-])CCO1.[Na+].[Na+]. The summed E-state index contributed by atoms with van der Waals surface area (Å²) in [5.41, 5.74) is -2.17. The van der Waals surface area contributed by atoms with E-state index in [0.717, 1.165) is 0 Å². The molecule has 1 aliphatic heterocycles. The third-order valence-electron chi connectivity index (χ3n) is 1.46. The smallest absolute Gasteiger partial charge is 0.547 e. The molecule has 0 bridgehead atoms. The largest absolute Gasteiger partial charge is 1.00 e. The quantitative estimate of drug-likeness (QED) is 0.318. The summed E-state index contributed by atoms with van der Waals surface area (Å²) in [7, 11) is 0. The Morgan fingerprint density at radius 2 is 1.50 bits per heavy atom. The number of carboxylic acids is 2. The van der Waals surface area contributed by atoms with Crippen LogP contribution >= 0.6 is 0 Å². The number of rotatable bonds is 2. The molecule has 1 saturated heterocycles. The number of carbonyl (C=O) groups is 2. The Morgan fingerprint density at radius 3 is 1.50 bits per heavy atom. The van der Waals surface area contributed by atoms with Crippen molar-refractivity contribution in [3.05, 3.63) is 0 Å². The molecule has 1 fully saturated rings. The molecule has 0 aliphatic carbocycles. The van der Waals surface area contributed by atoms with Crippen molar-refractivity contribution in [1.82, 2.24) is 0 Å². The van der Waals surface area contributed by atoms with Crippen LogP contribution in [0.1, 0.15) is 6.42 Å². The summed E-state index contributed by atoms with van der Waals surface area (Å²) < 4.78 is 4.32. The van der Waals surface area contributed by atoms with Gasteiger partial charge in [-0.05, 0) is 0 Å². The third kappa shape index (κ3) is 2.45. The third-order valence-corrected chi connectivity index (χ3v) is 1.46. The average Bonchev–Trinajstić information content (AvgIpc) is 1.57. The predicted molar refractivity (Wildman–Crippen MR) is 23.3 cm³/mol. The second-order valence-electron chi connectivity index (χ2n) is 2.00. The van der Waals surface area contributed by atoms with E-state index in [1.54, 1.807) is 0 Å². The molecule has 7 heteroatoms. The van der Waals surface area contributed by atoms with E-state index >= 15 is 0 Å². The molecule has 0 aromatic rings. The molecular weight excluding hydrogens is 186 g/mol. The van der Waals surface area contributed by atoms with Crippen LogP contribution in [0.15, 0.2) is 0 Å². The van der Waals surface area contributed by atoms with Crippen LogP contribution in [-0.4, -0.2) is 24.1 Å². The molecule has 0 amide bonds. The van der Waals surface area contributed by atoms with Crippen LogP contribution in [0.3, 0.4) is 0 Å². The van der Waals surface area contributed by atoms with Crippen LogP contribution in [-0.2, 0) is 14.3 Å². The van der Waals surface area contributed by atoms with E-state index in [1.165, 1.54) is 0 Å². The van der Waals surface area contributed by atoms with Crippen molar-refractivity contribution in [2.45, 2.75) is 12.0 Å². The van der Waals surface area contributed by atoms with Crippen LogP contribution in [0.5, 0.6) is 0 Å². The van der Waals surface area contributed by atoms with E-state index in [4.69, 9.17) is 0 Å². The summed E-state index contributed by atoms with van der Waals surface area (Å²) in [6.45, 7) is 0.127. The molecule has 1 aliphatic rings. The fourth-order valence-electron chi connectivity index (χ4n) is 0.711. The van der Waals surface area contributed by atoms with E-state index in [-0.39, 0.29) is 72.1 Å². The minimum Gasteiger partial charge on any atom is -0.547 e. The number of hydrogen-bond donors (Lipinski definition) is 0. The predicted octanol–water partition coefficient (Wildman–Crippen LogP) is -9.35. The van der Waals surface area contributed by atoms with Crippen LogP contribution in [0.4, 0.5) is 0 Å². The molecule has 1 heterocycles. The van der Waals surface area contributed by atoms with Gasteiger partial charge in [-0.15, -0.1) is 0 Å². The van der Waals surface area contributed by atoms with Gasteiger partial charge in [0.15, 0.2) is 0 Å². The minimum atomic E-state index is -2.17. The monoisotopic (exact) mass is 190 g/mol. The summed E-state index contributed by atoms with van der Waals surface area (Å²) in [5, 5.41) is 20.2. The molecule has 12 heavy (non-hydrogen) atoms. The van der Waals surface area contributed by atoms with Crippen molar-refractivity contribution in [1.29, 1.82) is 0 Å². The Labute approximate surface area is 113 Å². The Bertz CT molecular complexity index is 172. The van der Waals surface area contributed by atoms with Gasteiger partial charge in [-0.2, -0.15) is 0 Å². The molecule has 0 spiro atoms. The molecule has 0 saturated carbocycles. The average molecular weight is 190 g/mol. The second kappa shape index (κ2) is 5.59. The van der Waals surface area contributed by atoms with Crippen LogP contribution < -0.4 is 69.3 Å². The first-order valence-electron chi connectivity index (χ1n) is 2.66. The number of carboxylic acid groups (broad SMARTS) is 2. The molecular formula is C5H4Na2O5. The molecule has 0 atom stereocenters. The van der Waals surface area contributed by atoms with E-state index in [1.807, 2.05) is 0 Å². The van der Waals surface area contributed by atoms with Crippen LogP contribution in [0.25, 0.3) is 0 Å². The Morgan fingerprint density at radius 1 is 1.17 bits per heavy atom. The fourth-order valence-corrected chi connectivity index (χ4v) is 0.711. The Kier molecular flexibility index (Phi) is 7.17. The van der Waals surface area contributed by atoms with Gasteiger partial charge in [0, 0.05) is 6.42 Å². The molecule has 1 rings (SSSR count). The van der Waals surface area contributed by atoms with Gasteiger partial charge >= 0.3 is 59.1 Å². The number of hydrogen-bond acceptors (Lipinski definition) is 5. The Hall–Kier alpha value is 0.900. The van der Waals surface area contributed by atoms with E-state index in [9.17, 15) is 19.8 Å². The normalized spacial score (nSPS) is 17.7. The summed E-state index contributed by atoms with van der Waals surface area (Å²) in [5.74, 6) is -3.47. The van der Waals surface area contributed by atoms with E-state index in [0.29, 0.717) is 0 Å². The molecule has 0 unspecified atom stereocenters. The van der Waals surface area contributed by atoms with Crippen molar-refractivity contribution < 1.29 is 83.7 Å². The summed E-state index contributed by atoms with van der Waals surface area (Å²) >= 11 is 0. The topological polar surface area (TPSA) is 89.5 Å². The minimum absolute atomic E-state index is 0. The first-order chi connectivity index (χ1) is 4.59. The Balaban J connectivity index is 0. The van der Waals surface area contributed by atoms with Crippen molar-refractivity contribution in [2.24, 2.45) is 0 Å². The zero-order chi connectivity index (χ0) is 7.78. The van der Waals surface area contributed by atoms with Crippen LogP contribution in [0, 0.1) is 0 Å². The summed E-state index contributed by atoms with van der Waals surface area (Å²) in [4.78, 5) is 20.2. The first-order valence-corrected chi connectivity index (χ1v) is 2.66. The zero-order valence-electron chi connectivity index (χ0n) is 6.96. The van der Waals surface area contributed by atoms with Gasteiger partial charge < -0.3 is 24.5 Å². The van der Waals surface area contributed by atoms with Crippen molar-refractivity contribution in [3.8, 4) is 0 Å². The first kappa shape index (κ1) is 15.4. The zero-order valence-corrected chi connectivity index (χ0v) is 11.0. The fraction of sp³-hybridized carbons (Fsp3) is 0.600. The van der Waals surface area contributed by atoms with Crippen molar-refractivity contribution >= 4 is 11.9 Å². The summed E-state index contributed by atoms with van der Waals surface area (Å²) in [6, 6.07) is 0. The molecule has 56 valence electrons. The molecule has 0 radical (unpaired) electrons. The van der Waals surface area contributed by atoms with Crippen molar-refractivity contribution in [3.63, 3.8) is 0 Å². The maximum absolute atomic E-state index is 10.1. The van der Waals surface area contributed by atoms with E-state index in [2.05, 4.69) is 4.74 Å². The molecule has 0 aromatic carbocycles. The van der Waals surface area contributed by atoms with Gasteiger partial charge in [0.25, 0.3) is 0 Å². The van der Waals surface area contributed by atoms with Gasteiger partial charge in [0.1, 0.15) is 5.60 Å². The maximum atomic E-state index is 10.1. The summed E-state index contributed by atoms with van der Waals surface area (Å²) in [6.07, 6.45) is -0.0718. The van der Waals surface area contributed by atoms with Gasteiger partial charge in [-0.1, -0.05) is 0 Å². The van der Waals surface area contributed by atoms with Gasteiger partial charge in [-0.3, -0.25) is 0 Å². The van der Waals surface area contributed by atoms with E-state index < -0.39 is 17.5 Å². The standard InChI is InChI=1S/C5H6O5.2Na/c6-3(7)5(4(8)9)1-2-10-5;;/h1-2H2,(H,6,7)(H,8,9);;/q;2*+1/p-2. The number of aliphatic carboxylic acids is 2. The van der Waals surface area contributed by atoms with Gasteiger partial charge in [0.2, 0.25) is 0 Å².